The molecule has 0 aliphatic carbocycles. The molecule has 1 aromatic heterocycles. The van der Waals surface area contributed by atoms with Crippen molar-refractivity contribution in [1.82, 2.24) is 9.55 Å². The Bertz CT molecular complexity index is 2310. The topological polar surface area (TPSA) is 17.8 Å². The van der Waals surface area contributed by atoms with Gasteiger partial charge in [0.25, 0.3) is 0 Å². The van der Waals surface area contributed by atoms with Crippen molar-refractivity contribution < 1.29 is 0 Å². The third-order valence-corrected chi connectivity index (χ3v) is 8.84. The molecule has 0 unspecified atom stereocenters. The molecule has 2 heteroatoms. The van der Waals surface area contributed by atoms with Gasteiger partial charge in [-0.2, -0.15) is 0 Å². The lowest BCUT2D eigenvalue weighted by Gasteiger charge is -2.18. The quantitative estimate of drug-likeness (QED) is 0.110. The molecule has 6 aromatic carbocycles. The number of fused-ring (bicyclic) bond motifs is 3. The summed E-state index contributed by atoms with van der Waals surface area (Å²) in [5.41, 5.74) is 9.86. The molecule has 0 aliphatic heterocycles. The third kappa shape index (κ3) is 5.97. The third-order valence-electron chi connectivity index (χ3n) is 8.84. The normalized spacial score (nSPS) is 12.1. The minimum atomic E-state index is 0.700. The van der Waals surface area contributed by atoms with Crippen LogP contribution in [-0.2, 0) is 6.42 Å². The van der Waals surface area contributed by atoms with Gasteiger partial charge >= 0.3 is 0 Å². The van der Waals surface area contributed by atoms with E-state index in [-0.39, 0.29) is 0 Å². The van der Waals surface area contributed by atoms with Crippen molar-refractivity contribution in [2.75, 3.05) is 0 Å². The van der Waals surface area contributed by atoms with Crippen molar-refractivity contribution in [2.45, 2.75) is 19.8 Å². The van der Waals surface area contributed by atoms with E-state index in [4.69, 9.17) is 4.98 Å². The summed E-state index contributed by atoms with van der Waals surface area (Å²) in [7, 11) is 0. The standard InChI is InChI=1S/C46H38N2/c1-4-18-36(21-17-30-44-47-42-28-15-16-29-43(42)48(44)37-22-9-6-10-23-37)46-40-26-13-11-24-38(40)45(39-25-12-14-27-41(39)46)34(3)32-31-33(2)35-19-7-5-8-20-35/h5-29,31-32H,2-4,30H2,1H3/b21-17-,32-31-,36-18+. The van der Waals surface area contributed by atoms with Crippen LogP contribution < -0.4 is 0 Å². The van der Waals surface area contributed by atoms with Gasteiger partial charge in [0.15, 0.2) is 0 Å². The van der Waals surface area contributed by atoms with Crippen molar-refractivity contribution in [1.29, 1.82) is 0 Å². The number of imidazole rings is 1. The van der Waals surface area contributed by atoms with Crippen LogP contribution in [0.5, 0.6) is 0 Å². The first-order valence-electron chi connectivity index (χ1n) is 16.6. The number of rotatable bonds is 10. The predicted octanol–water partition coefficient (Wildman–Crippen LogP) is 12.2. The zero-order chi connectivity index (χ0) is 32.9. The molecule has 2 nitrogen and oxygen atoms in total. The van der Waals surface area contributed by atoms with E-state index in [0.29, 0.717) is 6.42 Å². The van der Waals surface area contributed by atoms with Crippen molar-refractivity contribution >= 4 is 49.3 Å². The van der Waals surface area contributed by atoms with E-state index in [1.807, 2.05) is 18.2 Å². The van der Waals surface area contributed by atoms with Gasteiger partial charge < -0.3 is 0 Å². The first-order valence-corrected chi connectivity index (χ1v) is 16.6. The Labute approximate surface area is 283 Å². The molecule has 0 radical (unpaired) electrons. The van der Waals surface area contributed by atoms with E-state index in [2.05, 4.69) is 170 Å². The SMILES string of the molecule is C=C(/C=C\C(=C)c1c2ccccc2c(C(/C=C\Cc2nc3ccccc3n2-c2ccccc2)=C/CC)c2ccccc12)c1ccccc1. The highest BCUT2D eigenvalue weighted by molar-refractivity contribution is 6.17. The van der Waals surface area contributed by atoms with E-state index >= 15 is 0 Å². The van der Waals surface area contributed by atoms with Gasteiger partial charge in [0.05, 0.1) is 11.0 Å². The van der Waals surface area contributed by atoms with Crippen molar-refractivity contribution in [2.24, 2.45) is 0 Å². The highest BCUT2D eigenvalue weighted by Crippen LogP contribution is 2.40. The minimum Gasteiger partial charge on any atom is -0.296 e. The molecule has 7 rings (SSSR count). The fourth-order valence-corrected chi connectivity index (χ4v) is 6.66. The van der Waals surface area contributed by atoms with Crippen LogP contribution in [0.25, 0.3) is 55.0 Å². The summed E-state index contributed by atoms with van der Waals surface area (Å²) in [5, 5.41) is 4.80. The average Bonchev–Trinajstić information content (AvgIpc) is 3.51. The maximum atomic E-state index is 5.05. The second-order valence-electron chi connectivity index (χ2n) is 12.0. The van der Waals surface area contributed by atoms with Gasteiger partial charge in [-0.05, 0) is 85.6 Å². The molecule has 0 fully saturated rings. The molecule has 0 N–H and O–H groups in total. The van der Waals surface area contributed by atoms with Crippen molar-refractivity contribution in [3.05, 3.63) is 200 Å². The number of aromatic nitrogens is 2. The Morgan fingerprint density at radius 1 is 0.604 bits per heavy atom. The lowest BCUT2D eigenvalue weighted by molar-refractivity contribution is 0.949. The molecule has 0 saturated carbocycles. The first-order chi connectivity index (χ1) is 23.6. The Kier molecular flexibility index (Phi) is 8.80. The number of para-hydroxylation sites is 3. The zero-order valence-corrected chi connectivity index (χ0v) is 27.3. The van der Waals surface area contributed by atoms with Gasteiger partial charge in [-0.25, -0.2) is 4.98 Å². The molecule has 1 heterocycles. The van der Waals surface area contributed by atoms with Crippen LogP contribution in [0.3, 0.4) is 0 Å². The fourth-order valence-electron chi connectivity index (χ4n) is 6.66. The molecule has 0 aliphatic rings. The maximum absolute atomic E-state index is 5.05. The van der Waals surface area contributed by atoms with Crippen LogP contribution in [0.15, 0.2) is 177 Å². The molecule has 232 valence electrons. The molecule has 0 amide bonds. The van der Waals surface area contributed by atoms with Gasteiger partial charge in [0.1, 0.15) is 5.82 Å². The molecular formula is C46H38N2. The predicted molar refractivity (Wildman–Crippen MR) is 207 cm³/mol. The number of hydrogen-bond acceptors (Lipinski definition) is 1. The lowest BCUT2D eigenvalue weighted by atomic mass is 9.85. The van der Waals surface area contributed by atoms with Gasteiger partial charge in [-0.1, -0.05) is 160 Å². The van der Waals surface area contributed by atoms with Gasteiger partial charge in [0.2, 0.25) is 0 Å². The highest BCUT2D eigenvalue weighted by Gasteiger charge is 2.17. The molecule has 7 aromatic rings. The summed E-state index contributed by atoms with van der Waals surface area (Å²) in [6, 6.07) is 46.6. The number of nitrogens with zero attached hydrogens (tertiary/aromatic N) is 2. The molecular weight excluding hydrogens is 581 g/mol. The van der Waals surface area contributed by atoms with Crippen LogP contribution in [0.2, 0.25) is 0 Å². The number of allylic oxidation sites excluding steroid dienone is 8. The van der Waals surface area contributed by atoms with E-state index in [1.165, 1.54) is 32.7 Å². The van der Waals surface area contributed by atoms with Crippen LogP contribution in [0.4, 0.5) is 0 Å². The van der Waals surface area contributed by atoms with Gasteiger partial charge in [-0.3, -0.25) is 4.57 Å². The summed E-state index contributed by atoms with van der Waals surface area (Å²) >= 11 is 0. The van der Waals surface area contributed by atoms with Crippen LogP contribution in [0.1, 0.15) is 35.9 Å². The Balaban J connectivity index is 1.30. The smallest absolute Gasteiger partial charge is 0.118 e. The van der Waals surface area contributed by atoms with Crippen molar-refractivity contribution in [3.8, 4) is 5.69 Å². The molecule has 48 heavy (non-hydrogen) atoms. The van der Waals surface area contributed by atoms with Crippen LogP contribution >= 0.6 is 0 Å². The summed E-state index contributed by atoms with van der Waals surface area (Å²) in [6.07, 6.45) is 12.7. The fraction of sp³-hybridized carbons (Fsp3) is 0.0652. The Morgan fingerprint density at radius 3 is 1.79 bits per heavy atom. The number of hydrogen-bond donors (Lipinski definition) is 0. The number of benzene rings is 6. The largest absolute Gasteiger partial charge is 0.296 e. The summed E-state index contributed by atoms with van der Waals surface area (Å²) in [6.45, 7) is 11.1. The Hall–Kier alpha value is -5.99. The zero-order valence-electron chi connectivity index (χ0n) is 27.3. The maximum Gasteiger partial charge on any atom is 0.118 e. The second-order valence-corrected chi connectivity index (χ2v) is 12.0. The highest BCUT2D eigenvalue weighted by atomic mass is 15.1. The monoisotopic (exact) mass is 618 g/mol. The molecule has 0 atom stereocenters. The van der Waals surface area contributed by atoms with E-state index in [1.54, 1.807) is 0 Å². The van der Waals surface area contributed by atoms with Crippen LogP contribution in [-0.4, -0.2) is 9.55 Å². The summed E-state index contributed by atoms with van der Waals surface area (Å²) < 4.78 is 2.27. The first kappa shape index (κ1) is 30.7. The van der Waals surface area contributed by atoms with Crippen molar-refractivity contribution in [3.63, 3.8) is 0 Å². The van der Waals surface area contributed by atoms with Gasteiger partial charge in [0, 0.05) is 12.1 Å². The summed E-state index contributed by atoms with van der Waals surface area (Å²) in [4.78, 5) is 5.05. The summed E-state index contributed by atoms with van der Waals surface area (Å²) in [5.74, 6) is 1.01. The van der Waals surface area contributed by atoms with Gasteiger partial charge in [-0.15, -0.1) is 0 Å². The van der Waals surface area contributed by atoms with E-state index in [0.717, 1.165) is 51.2 Å². The molecule has 0 saturated heterocycles. The molecule has 0 bridgehead atoms. The molecule has 0 spiro atoms. The van der Waals surface area contributed by atoms with E-state index < -0.39 is 0 Å². The minimum absolute atomic E-state index is 0.700. The van der Waals surface area contributed by atoms with Crippen LogP contribution in [0, 0.1) is 0 Å². The average molecular weight is 619 g/mol. The van der Waals surface area contributed by atoms with E-state index in [9.17, 15) is 0 Å². The Morgan fingerprint density at radius 2 is 1.15 bits per heavy atom. The lowest BCUT2D eigenvalue weighted by Crippen LogP contribution is -2.00. The second kappa shape index (κ2) is 13.8.